The van der Waals surface area contributed by atoms with Crippen LogP contribution >= 0.6 is 0 Å². The van der Waals surface area contributed by atoms with E-state index in [-0.39, 0.29) is 41.6 Å². The van der Waals surface area contributed by atoms with Crippen molar-refractivity contribution in [3.05, 3.63) is 237 Å². The average molecular weight is 1610 g/mol. The van der Waals surface area contributed by atoms with E-state index in [4.69, 9.17) is 42.6 Å². The zero-order valence-corrected chi connectivity index (χ0v) is 70.7. The van der Waals surface area contributed by atoms with Crippen LogP contribution in [0.1, 0.15) is 240 Å². The maximum Gasteiger partial charge on any atom is 0.330 e. The Kier molecular flexibility index (Phi) is 55.2. The van der Waals surface area contributed by atoms with Crippen LogP contribution in [0.4, 0.5) is 4.39 Å². The van der Waals surface area contributed by atoms with E-state index in [9.17, 15) is 33.2 Å². The molecule has 0 saturated carbocycles. The van der Waals surface area contributed by atoms with Crippen LogP contribution in [0.2, 0.25) is 0 Å². The number of hydrogen-bond acceptors (Lipinski definition) is 15. The lowest BCUT2D eigenvalue weighted by atomic mass is 9.96. The van der Waals surface area contributed by atoms with Gasteiger partial charge in [0.1, 0.15) is 23.1 Å². The maximum absolute atomic E-state index is 14.7. The lowest BCUT2D eigenvalue weighted by Crippen LogP contribution is -2.01. The Labute approximate surface area is 699 Å². The van der Waals surface area contributed by atoms with Gasteiger partial charge in [-0.3, -0.25) is 0 Å². The van der Waals surface area contributed by atoms with Crippen molar-refractivity contribution in [1.29, 1.82) is 0 Å². The summed E-state index contributed by atoms with van der Waals surface area (Å²) in [6.07, 6.45) is 45.2. The molecule has 0 saturated heterocycles. The van der Waals surface area contributed by atoms with Crippen LogP contribution in [0.5, 0.6) is 17.2 Å². The molecule has 0 aliphatic heterocycles. The van der Waals surface area contributed by atoms with Crippen molar-refractivity contribution in [2.45, 2.75) is 245 Å². The van der Waals surface area contributed by atoms with Crippen LogP contribution in [0.3, 0.4) is 0 Å². The van der Waals surface area contributed by atoms with Crippen LogP contribution in [0, 0.1) is 19.7 Å². The van der Waals surface area contributed by atoms with Gasteiger partial charge >= 0.3 is 35.8 Å². The van der Waals surface area contributed by atoms with Gasteiger partial charge in [0.2, 0.25) is 0 Å². The van der Waals surface area contributed by atoms with E-state index < -0.39 is 0 Å². The van der Waals surface area contributed by atoms with Crippen LogP contribution in [-0.2, 0) is 76.5 Å². The molecule has 0 fully saturated rings. The molecule has 0 unspecified atom stereocenters. The van der Waals surface area contributed by atoms with E-state index in [1.807, 2.05) is 36.4 Å². The number of aryl methyl sites for hydroxylation is 5. The van der Waals surface area contributed by atoms with Gasteiger partial charge in [0.05, 0.1) is 59.5 Å². The molecule has 6 rings (SSSR count). The number of carbonyl (C=O) groups excluding carboxylic acids is 6. The van der Waals surface area contributed by atoms with Crippen LogP contribution in [0.25, 0.3) is 33.4 Å². The highest BCUT2D eigenvalue weighted by Gasteiger charge is 2.11. The van der Waals surface area contributed by atoms with Gasteiger partial charge in [-0.05, 0) is 214 Å². The Morgan fingerprint density at radius 2 is 0.504 bits per heavy atom. The molecule has 0 N–H and O–H groups in total. The minimum atomic E-state index is -0.379. The van der Waals surface area contributed by atoms with E-state index >= 15 is 0 Å². The summed E-state index contributed by atoms with van der Waals surface area (Å²) in [6, 6.07) is 43.7. The van der Waals surface area contributed by atoms with Crippen molar-refractivity contribution >= 4 is 35.8 Å². The summed E-state index contributed by atoms with van der Waals surface area (Å²) in [5.41, 5.74) is 12.7. The molecule has 0 aromatic heterocycles. The van der Waals surface area contributed by atoms with Gasteiger partial charge < -0.3 is 42.6 Å². The van der Waals surface area contributed by atoms with Gasteiger partial charge in [0, 0.05) is 36.5 Å². The molecular weight excluding hydrogens is 1470 g/mol. The monoisotopic (exact) mass is 1610 g/mol. The van der Waals surface area contributed by atoms with E-state index in [0.717, 1.165) is 245 Å². The van der Waals surface area contributed by atoms with Gasteiger partial charge in [-0.25, -0.2) is 33.2 Å². The fourth-order valence-electron chi connectivity index (χ4n) is 13.0. The Morgan fingerprint density at radius 1 is 0.256 bits per heavy atom. The smallest absolute Gasteiger partial charge is 0.330 e. The normalized spacial score (nSPS) is 10.6. The Balaban J connectivity index is 0.000000369. The van der Waals surface area contributed by atoms with Crippen molar-refractivity contribution < 1.29 is 75.8 Å². The topological polar surface area (TPSA) is 185 Å². The highest BCUT2D eigenvalue weighted by Crippen LogP contribution is 2.30. The van der Waals surface area contributed by atoms with Gasteiger partial charge in [0.25, 0.3) is 0 Å². The van der Waals surface area contributed by atoms with Crippen molar-refractivity contribution in [3.63, 3.8) is 0 Å². The summed E-state index contributed by atoms with van der Waals surface area (Å²) >= 11 is 0. The molecule has 16 heteroatoms. The lowest BCUT2D eigenvalue weighted by molar-refractivity contribution is -0.138. The molecule has 0 amide bonds. The first-order chi connectivity index (χ1) is 57.1. The molecule has 15 nitrogen and oxygen atoms in total. The Bertz CT molecular complexity index is 3650. The summed E-state index contributed by atoms with van der Waals surface area (Å²) in [5.74, 6) is 0.427. The molecular formula is C101H135FO15. The molecule has 117 heavy (non-hydrogen) atoms. The van der Waals surface area contributed by atoms with E-state index in [2.05, 4.69) is 138 Å². The maximum atomic E-state index is 14.7. The van der Waals surface area contributed by atoms with Crippen LogP contribution in [0.15, 0.2) is 203 Å². The quantitative estimate of drug-likeness (QED) is 0.0152. The summed E-state index contributed by atoms with van der Waals surface area (Å²) in [4.78, 5) is 65.9. The molecule has 636 valence electrons. The third-order valence-electron chi connectivity index (χ3n) is 19.9. The predicted octanol–water partition coefficient (Wildman–Crippen LogP) is 24.8. The van der Waals surface area contributed by atoms with Crippen molar-refractivity contribution in [2.24, 2.45) is 0 Å². The first-order valence-electron chi connectivity index (χ1n) is 43.0. The predicted molar refractivity (Wildman–Crippen MR) is 472 cm³/mol. The van der Waals surface area contributed by atoms with Gasteiger partial charge in [0.15, 0.2) is 0 Å². The molecule has 6 aromatic carbocycles. The average Bonchev–Trinajstić information content (AvgIpc) is 0.849. The lowest BCUT2D eigenvalue weighted by Gasteiger charge is -2.11. The molecule has 0 aliphatic rings. The Morgan fingerprint density at radius 3 is 0.821 bits per heavy atom. The number of esters is 6. The summed E-state index contributed by atoms with van der Waals surface area (Å²) in [5, 5.41) is 0. The highest BCUT2D eigenvalue weighted by molar-refractivity contribution is 5.83. The largest absolute Gasteiger partial charge is 0.494 e. The molecule has 0 aliphatic carbocycles. The van der Waals surface area contributed by atoms with E-state index in [1.165, 1.54) is 114 Å². The highest BCUT2D eigenvalue weighted by atomic mass is 19.1. The number of ether oxygens (including phenoxy) is 9. The molecule has 6 aromatic rings. The van der Waals surface area contributed by atoms with Crippen molar-refractivity contribution in [2.75, 3.05) is 59.5 Å². The fraction of sp³-hybridized carbons (Fsp3) is 0.465. The molecule has 0 heterocycles. The first kappa shape index (κ1) is 99.3. The second-order valence-electron chi connectivity index (χ2n) is 29.4. The number of hydrogen-bond donors (Lipinski definition) is 0. The third kappa shape index (κ3) is 47.7. The van der Waals surface area contributed by atoms with Crippen molar-refractivity contribution in [1.82, 2.24) is 0 Å². The number of benzene rings is 6. The molecule has 0 atom stereocenters. The zero-order chi connectivity index (χ0) is 84.4. The van der Waals surface area contributed by atoms with Crippen LogP contribution in [-0.4, -0.2) is 95.3 Å². The van der Waals surface area contributed by atoms with Gasteiger partial charge in [-0.2, -0.15) is 0 Å². The number of carbonyl (C=O) groups is 6. The SMILES string of the molecule is C=CC(=O)OCCCCCCCCOc1ccc(-c2ccc(CCCCCCCOC(=O)C=C)c(C)c2)cc1.C=CC(=O)OCCCCCCCCOc1ccc(-c2ccc(CCCCCCCOC(=O)C=C)c(F)c2)cc1.C=CC(=O)OCCCCCCCCOc1ccc(-c2ccc(CCCCCCCOC(=O)C=C)cc2)cc1C. The third-order valence-corrected chi connectivity index (χ3v) is 19.9. The summed E-state index contributed by atoms with van der Waals surface area (Å²) in [6.45, 7) is 29.6. The second kappa shape index (κ2) is 65.0. The number of unbranched alkanes of at least 4 members (excludes halogenated alkanes) is 27. The van der Waals surface area contributed by atoms with E-state index in [1.54, 1.807) is 6.07 Å². The van der Waals surface area contributed by atoms with Gasteiger partial charge in [-0.15, -0.1) is 0 Å². The van der Waals surface area contributed by atoms with E-state index in [0.29, 0.717) is 46.2 Å². The van der Waals surface area contributed by atoms with Crippen LogP contribution < -0.4 is 14.2 Å². The minimum Gasteiger partial charge on any atom is -0.494 e. The summed E-state index contributed by atoms with van der Waals surface area (Å²) in [7, 11) is 0. The van der Waals surface area contributed by atoms with Crippen molar-refractivity contribution in [3.8, 4) is 50.6 Å². The Hall–Kier alpha value is -10.1. The second-order valence-corrected chi connectivity index (χ2v) is 29.4. The standard InChI is InChI=1S/2C34H46O5.C33H43FO5/c1-4-33(35)38-25-15-11-7-6-10-14-24-37-32-23-22-31(27-28(32)3)30-20-18-29(19-21-30)17-13-9-8-12-16-26-39-34(36)5-2;1-4-33(35)38-25-15-11-7-6-10-14-24-37-32-22-20-30(21-23-32)31-19-18-29(28(3)27-31)17-13-9-8-12-16-26-39-34(36)5-2;1-3-32(35)38-24-14-10-6-5-9-13-23-37-30-21-19-27(20-22-30)29-18-17-28(31(34)26-29)16-12-8-7-11-15-25-39-33(36)4-2/h2*4-5,18-23,27H,1-2,6-17,24-26H2,3H3;3-4,17-22,26H,1-2,5-16,23-25H2. The number of halogens is 1. The minimum absolute atomic E-state index is 0.165. The number of rotatable bonds is 63. The summed E-state index contributed by atoms with van der Waals surface area (Å²) < 4.78 is 62.4. The molecule has 0 spiro atoms. The fourth-order valence-corrected chi connectivity index (χ4v) is 13.0. The molecule has 0 bridgehead atoms. The van der Waals surface area contributed by atoms with Gasteiger partial charge in [-0.1, -0.05) is 259 Å². The zero-order valence-electron chi connectivity index (χ0n) is 70.7. The molecule has 0 radical (unpaired) electrons. The first-order valence-corrected chi connectivity index (χ1v) is 43.0.